The lowest BCUT2D eigenvalue weighted by Crippen LogP contribution is -2.40. The number of likely N-dealkylation sites (tertiary alicyclic amines) is 1. The van der Waals surface area contributed by atoms with Gasteiger partial charge in [0.2, 0.25) is 0 Å². The van der Waals surface area contributed by atoms with E-state index in [0.717, 1.165) is 29.8 Å². The SMILES string of the molecule is CC1CCCC(N2CC3CNCC3C2C)CC1. The van der Waals surface area contributed by atoms with Gasteiger partial charge in [-0.25, -0.2) is 0 Å². The fourth-order valence-electron chi connectivity index (χ4n) is 4.48. The van der Waals surface area contributed by atoms with E-state index in [1.807, 2.05) is 0 Å². The molecule has 0 bridgehead atoms. The Balaban J connectivity index is 1.64. The molecule has 1 saturated carbocycles. The van der Waals surface area contributed by atoms with Crippen molar-refractivity contribution in [1.82, 2.24) is 10.2 Å². The van der Waals surface area contributed by atoms with Crippen molar-refractivity contribution in [3.05, 3.63) is 0 Å². The molecule has 2 heterocycles. The van der Waals surface area contributed by atoms with Crippen LogP contribution in [0.5, 0.6) is 0 Å². The van der Waals surface area contributed by atoms with Crippen LogP contribution in [0, 0.1) is 17.8 Å². The predicted molar refractivity (Wildman–Crippen MR) is 72.1 cm³/mol. The van der Waals surface area contributed by atoms with Gasteiger partial charge in [-0.2, -0.15) is 0 Å². The zero-order valence-corrected chi connectivity index (χ0v) is 11.5. The summed E-state index contributed by atoms with van der Waals surface area (Å²) in [7, 11) is 0. The number of nitrogens with one attached hydrogen (secondary N) is 1. The quantitative estimate of drug-likeness (QED) is 0.704. The first kappa shape index (κ1) is 12.0. The van der Waals surface area contributed by atoms with Gasteiger partial charge >= 0.3 is 0 Å². The van der Waals surface area contributed by atoms with E-state index in [9.17, 15) is 0 Å². The van der Waals surface area contributed by atoms with E-state index in [0.29, 0.717) is 0 Å². The van der Waals surface area contributed by atoms with E-state index in [1.165, 1.54) is 51.7 Å². The third kappa shape index (κ3) is 2.26. The molecule has 3 fully saturated rings. The molecule has 0 aromatic carbocycles. The van der Waals surface area contributed by atoms with Crippen LogP contribution in [0.3, 0.4) is 0 Å². The Bertz CT molecular complexity index is 266. The zero-order chi connectivity index (χ0) is 11.8. The Hall–Kier alpha value is -0.0800. The van der Waals surface area contributed by atoms with Crippen molar-refractivity contribution in [2.75, 3.05) is 19.6 Å². The third-order valence-corrected chi connectivity index (χ3v) is 5.68. The lowest BCUT2D eigenvalue weighted by Gasteiger charge is -2.32. The van der Waals surface area contributed by atoms with Gasteiger partial charge in [-0.05, 0) is 57.0 Å². The van der Waals surface area contributed by atoms with Gasteiger partial charge in [0.05, 0.1) is 0 Å². The van der Waals surface area contributed by atoms with Crippen LogP contribution in [0.25, 0.3) is 0 Å². The second kappa shape index (κ2) is 4.89. The number of fused-ring (bicyclic) bond motifs is 1. The molecule has 2 aliphatic heterocycles. The topological polar surface area (TPSA) is 15.3 Å². The molecule has 17 heavy (non-hydrogen) atoms. The molecule has 5 atom stereocenters. The van der Waals surface area contributed by atoms with Crippen molar-refractivity contribution in [3.8, 4) is 0 Å². The van der Waals surface area contributed by atoms with Gasteiger partial charge in [-0.3, -0.25) is 4.90 Å². The summed E-state index contributed by atoms with van der Waals surface area (Å²) in [5.41, 5.74) is 0. The molecule has 0 spiro atoms. The van der Waals surface area contributed by atoms with E-state index in [1.54, 1.807) is 0 Å². The maximum absolute atomic E-state index is 3.57. The van der Waals surface area contributed by atoms with Crippen LogP contribution in [-0.2, 0) is 0 Å². The molecular formula is C15H28N2. The molecule has 1 aliphatic carbocycles. The average Bonchev–Trinajstić information content (AvgIpc) is 2.81. The van der Waals surface area contributed by atoms with Gasteiger partial charge in [0, 0.05) is 18.6 Å². The van der Waals surface area contributed by atoms with Crippen LogP contribution >= 0.6 is 0 Å². The summed E-state index contributed by atoms with van der Waals surface area (Å²) in [5, 5.41) is 3.57. The summed E-state index contributed by atoms with van der Waals surface area (Å²) < 4.78 is 0. The summed E-state index contributed by atoms with van der Waals surface area (Å²) in [6.45, 7) is 8.83. The highest BCUT2D eigenvalue weighted by molar-refractivity contribution is 4.98. The number of nitrogens with zero attached hydrogens (tertiary/aromatic N) is 1. The van der Waals surface area contributed by atoms with Gasteiger partial charge < -0.3 is 5.32 Å². The van der Waals surface area contributed by atoms with Crippen molar-refractivity contribution in [1.29, 1.82) is 0 Å². The molecular weight excluding hydrogens is 208 g/mol. The van der Waals surface area contributed by atoms with Gasteiger partial charge in [0.25, 0.3) is 0 Å². The lowest BCUT2D eigenvalue weighted by atomic mass is 9.95. The van der Waals surface area contributed by atoms with E-state index < -0.39 is 0 Å². The van der Waals surface area contributed by atoms with Crippen molar-refractivity contribution in [2.24, 2.45) is 17.8 Å². The van der Waals surface area contributed by atoms with Crippen LogP contribution in [0.2, 0.25) is 0 Å². The summed E-state index contributed by atoms with van der Waals surface area (Å²) in [5.74, 6) is 2.86. The standard InChI is InChI=1S/C15H28N2/c1-11-4-3-5-14(7-6-11)17-10-13-8-16-9-15(13)12(17)2/h11-16H,3-10H2,1-2H3. The minimum absolute atomic E-state index is 0.827. The Morgan fingerprint density at radius 2 is 1.88 bits per heavy atom. The number of hydrogen-bond acceptors (Lipinski definition) is 2. The minimum atomic E-state index is 0.827. The van der Waals surface area contributed by atoms with Crippen LogP contribution in [-0.4, -0.2) is 36.6 Å². The molecule has 3 aliphatic rings. The maximum Gasteiger partial charge on any atom is 0.0114 e. The first-order valence-electron chi connectivity index (χ1n) is 7.72. The summed E-state index contributed by atoms with van der Waals surface area (Å²) >= 11 is 0. The first-order valence-corrected chi connectivity index (χ1v) is 7.72. The monoisotopic (exact) mass is 236 g/mol. The number of rotatable bonds is 1. The van der Waals surface area contributed by atoms with Gasteiger partial charge in [0.15, 0.2) is 0 Å². The van der Waals surface area contributed by atoms with Crippen molar-refractivity contribution < 1.29 is 0 Å². The Kier molecular flexibility index (Phi) is 3.45. The second-order valence-corrected chi connectivity index (χ2v) is 6.79. The van der Waals surface area contributed by atoms with Gasteiger partial charge in [-0.15, -0.1) is 0 Å². The zero-order valence-electron chi connectivity index (χ0n) is 11.5. The highest BCUT2D eigenvalue weighted by Gasteiger charge is 2.43. The van der Waals surface area contributed by atoms with Crippen LogP contribution < -0.4 is 5.32 Å². The van der Waals surface area contributed by atoms with Gasteiger partial charge in [-0.1, -0.05) is 19.8 Å². The molecule has 2 nitrogen and oxygen atoms in total. The summed E-state index contributed by atoms with van der Waals surface area (Å²) in [6, 6.07) is 1.73. The first-order chi connectivity index (χ1) is 8.25. The van der Waals surface area contributed by atoms with E-state index in [4.69, 9.17) is 0 Å². The lowest BCUT2D eigenvalue weighted by molar-refractivity contribution is 0.154. The average molecular weight is 236 g/mol. The largest absolute Gasteiger partial charge is 0.316 e. The maximum atomic E-state index is 3.57. The number of hydrogen-bond donors (Lipinski definition) is 1. The Labute approximate surface area is 106 Å². The van der Waals surface area contributed by atoms with Crippen LogP contribution in [0.15, 0.2) is 0 Å². The van der Waals surface area contributed by atoms with Crippen molar-refractivity contribution in [2.45, 2.75) is 58.0 Å². The molecule has 0 aromatic heterocycles. The Morgan fingerprint density at radius 1 is 1.00 bits per heavy atom. The predicted octanol–water partition coefficient (Wildman–Crippen LogP) is 2.49. The molecule has 0 amide bonds. The van der Waals surface area contributed by atoms with Crippen LogP contribution in [0.1, 0.15) is 46.0 Å². The summed E-state index contributed by atoms with van der Waals surface area (Å²) in [6.07, 6.45) is 7.30. The van der Waals surface area contributed by atoms with Crippen LogP contribution in [0.4, 0.5) is 0 Å². The van der Waals surface area contributed by atoms with Crippen molar-refractivity contribution in [3.63, 3.8) is 0 Å². The minimum Gasteiger partial charge on any atom is -0.316 e. The molecule has 3 rings (SSSR count). The van der Waals surface area contributed by atoms with Crippen molar-refractivity contribution >= 4 is 0 Å². The Morgan fingerprint density at radius 3 is 2.71 bits per heavy atom. The van der Waals surface area contributed by atoms with E-state index in [-0.39, 0.29) is 0 Å². The smallest absolute Gasteiger partial charge is 0.0114 e. The second-order valence-electron chi connectivity index (χ2n) is 6.79. The molecule has 98 valence electrons. The molecule has 5 unspecified atom stereocenters. The highest BCUT2D eigenvalue weighted by Crippen LogP contribution is 2.37. The fourth-order valence-corrected chi connectivity index (χ4v) is 4.48. The highest BCUT2D eigenvalue weighted by atomic mass is 15.2. The normalized spacial score (nSPS) is 48.0. The summed E-state index contributed by atoms with van der Waals surface area (Å²) in [4.78, 5) is 2.87. The molecule has 0 radical (unpaired) electrons. The van der Waals surface area contributed by atoms with E-state index in [2.05, 4.69) is 24.1 Å². The van der Waals surface area contributed by atoms with E-state index >= 15 is 0 Å². The molecule has 2 heteroatoms. The van der Waals surface area contributed by atoms with Gasteiger partial charge in [0.1, 0.15) is 0 Å². The fraction of sp³-hybridized carbons (Fsp3) is 1.00. The molecule has 0 aromatic rings. The molecule has 2 saturated heterocycles. The third-order valence-electron chi connectivity index (χ3n) is 5.68. The molecule has 1 N–H and O–H groups in total.